The van der Waals surface area contributed by atoms with Crippen molar-refractivity contribution in [2.75, 3.05) is 44.2 Å². The molecule has 1 aromatic heterocycles. The zero-order chi connectivity index (χ0) is 18.3. The molecule has 2 heterocycles. The first-order valence-corrected chi connectivity index (χ1v) is 9.49. The van der Waals surface area contributed by atoms with E-state index in [1.165, 1.54) is 0 Å². The van der Waals surface area contributed by atoms with Gasteiger partial charge in [0.05, 0.1) is 5.41 Å². The third kappa shape index (κ3) is 7.23. The lowest BCUT2D eigenvalue weighted by Gasteiger charge is -2.34. The summed E-state index contributed by atoms with van der Waals surface area (Å²) < 4.78 is 0. The van der Waals surface area contributed by atoms with Crippen LogP contribution in [0.2, 0.25) is 0 Å². The van der Waals surface area contributed by atoms with Gasteiger partial charge in [0.2, 0.25) is 5.91 Å². The summed E-state index contributed by atoms with van der Waals surface area (Å²) in [7, 11) is 0. The predicted molar refractivity (Wildman–Crippen MR) is 124 cm³/mol. The topological polar surface area (TPSA) is 74.5 Å². The van der Waals surface area contributed by atoms with Crippen molar-refractivity contribution in [2.24, 2.45) is 11.1 Å². The number of rotatable bonds is 8. The number of nitrogens with zero attached hydrogens (tertiary/aromatic N) is 3. The van der Waals surface area contributed by atoms with Crippen LogP contribution in [-0.4, -0.2) is 55.1 Å². The molecule has 0 radical (unpaired) electrons. The number of hydrogen-bond acceptors (Lipinski definition) is 5. The number of aromatic nitrogens is 1. The predicted octanol–water partition coefficient (Wildman–Crippen LogP) is 2.87. The molecule has 1 aromatic rings. The van der Waals surface area contributed by atoms with E-state index in [2.05, 4.69) is 39.2 Å². The number of carbonyl (C=O) groups is 1. The van der Waals surface area contributed by atoms with E-state index in [0.717, 1.165) is 56.9 Å². The summed E-state index contributed by atoms with van der Waals surface area (Å²) in [5, 5.41) is 3.03. The highest BCUT2D eigenvalue weighted by molar-refractivity contribution is 5.86. The highest BCUT2D eigenvalue weighted by atomic mass is 35.5. The third-order valence-electron chi connectivity index (χ3n) is 5.63. The second kappa shape index (κ2) is 14.2. The van der Waals surface area contributed by atoms with Crippen molar-refractivity contribution in [1.82, 2.24) is 15.2 Å². The molecule has 0 aliphatic carbocycles. The average molecular weight is 457 g/mol. The van der Waals surface area contributed by atoms with Gasteiger partial charge >= 0.3 is 0 Å². The van der Waals surface area contributed by atoms with Crippen molar-refractivity contribution in [3.8, 4) is 0 Å². The molecule has 28 heavy (non-hydrogen) atoms. The summed E-state index contributed by atoms with van der Waals surface area (Å²) in [6.07, 6.45) is 3.38. The Hall–Kier alpha value is -0.790. The van der Waals surface area contributed by atoms with E-state index < -0.39 is 5.41 Å². The second-order valence-corrected chi connectivity index (χ2v) is 6.82. The molecule has 164 valence electrons. The van der Waals surface area contributed by atoms with Gasteiger partial charge in [-0.15, -0.1) is 37.2 Å². The molecule has 0 aromatic carbocycles. The fourth-order valence-corrected chi connectivity index (χ4v) is 3.32. The summed E-state index contributed by atoms with van der Waals surface area (Å²) in [5.74, 6) is 1.06. The van der Waals surface area contributed by atoms with Crippen LogP contribution in [0.25, 0.3) is 0 Å². The summed E-state index contributed by atoms with van der Waals surface area (Å²) in [6, 6.07) is 4.11. The van der Waals surface area contributed by atoms with Gasteiger partial charge in [0, 0.05) is 45.5 Å². The maximum Gasteiger partial charge on any atom is 0.227 e. The van der Waals surface area contributed by atoms with Gasteiger partial charge in [-0.05, 0) is 31.0 Å². The van der Waals surface area contributed by atoms with E-state index >= 15 is 0 Å². The van der Waals surface area contributed by atoms with Crippen LogP contribution in [0.4, 0.5) is 5.82 Å². The number of pyridine rings is 1. The van der Waals surface area contributed by atoms with Crippen molar-refractivity contribution in [3.05, 3.63) is 23.9 Å². The minimum Gasteiger partial charge on any atom is -0.354 e. The molecular weight excluding hydrogens is 421 g/mol. The molecule has 2 rings (SSSR count). The monoisotopic (exact) mass is 455 g/mol. The van der Waals surface area contributed by atoms with Crippen molar-refractivity contribution in [3.63, 3.8) is 0 Å². The van der Waals surface area contributed by atoms with Crippen LogP contribution in [-0.2, 0) is 11.3 Å². The zero-order valence-electron chi connectivity index (χ0n) is 17.1. The standard InChI is InChI=1S/C19H33N5O.3ClH/c1-4-19(5-2,15-20)18(25)22-14-16-7-8-17(21-13-16)24-11-9-23(6-3)10-12-24;;;/h7-8,13H,4-6,9-12,14-15,20H2,1-3H3,(H,22,25);3*1H. The largest absolute Gasteiger partial charge is 0.354 e. The maximum atomic E-state index is 12.5. The summed E-state index contributed by atoms with van der Waals surface area (Å²) in [5.41, 5.74) is 6.40. The number of amides is 1. The molecule has 0 unspecified atom stereocenters. The fourth-order valence-electron chi connectivity index (χ4n) is 3.32. The van der Waals surface area contributed by atoms with Crippen LogP contribution in [0.5, 0.6) is 0 Å². The number of anilines is 1. The molecule has 3 N–H and O–H groups in total. The van der Waals surface area contributed by atoms with Gasteiger partial charge < -0.3 is 20.9 Å². The lowest BCUT2D eigenvalue weighted by molar-refractivity contribution is -0.131. The third-order valence-corrected chi connectivity index (χ3v) is 5.63. The van der Waals surface area contributed by atoms with Crippen LogP contribution >= 0.6 is 37.2 Å². The molecule has 0 spiro atoms. The number of nitrogens with two attached hydrogens (primary N) is 1. The van der Waals surface area contributed by atoms with Gasteiger partial charge in [0.1, 0.15) is 5.82 Å². The molecule has 6 nitrogen and oxygen atoms in total. The van der Waals surface area contributed by atoms with E-state index in [9.17, 15) is 4.79 Å². The molecule has 1 aliphatic rings. The highest BCUT2D eigenvalue weighted by Crippen LogP contribution is 2.25. The van der Waals surface area contributed by atoms with Gasteiger partial charge in [-0.1, -0.05) is 26.8 Å². The summed E-state index contributed by atoms with van der Waals surface area (Å²) in [4.78, 5) is 21.8. The molecule has 1 aliphatic heterocycles. The number of hydrogen-bond donors (Lipinski definition) is 2. The number of halogens is 3. The summed E-state index contributed by atoms with van der Waals surface area (Å²) in [6.45, 7) is 12.4. The van der Waals surface area contributed by atoms with Crippen molar-refractivity contribution in [2.45, 2.75) is 40.2 Å². The Morgan fingerprint density at radius 2 is 1.71 bits per heavy atom. The minimum absolute atomic E-state index is 0. The molecule has 1 amide bonds. The highest BCUT2D eigenvalue weighted by Gasteiger charge is 2.32. The van der Waals surface area contributed by atoms with Crippen LogP contribution in [0.1, 0.15) is 39.2 Å². The molecule has 0 bridgehead atoms. The van der Waals surface area contributed by atoms with Crippen molar-refractivity contribution < 1.29 is 4.79 Å². The van der Waals surface area contributed by atoms with Gasteiger partial charge in [0.15, 0.2) is 0 Å². The van der Waals surface area contributed by atoms with E-state index in [-0.39, 0.29) is 43.1 Å². The quantitative estimate of drug-likeness (QED) is 0.629. The molecule has 0 saturated carbocycles. The molecular formula is C19H36Cl3N5O. The van der Waals surface area contributed by atoms with E-state index in [1.807, 2.05) is 20.0 Å². The van der Waals surface area contributed by atoms with Gasteiger partial charge in [-0.25, -0.2) is 4.98 Å². The number of piperazine rings is 1. The van der Waals surface area contributed by atoms with Crippen molar-refractivity contribution in [1.29, 1.82) is 0 Å². The van der Waals surface area contributed by atoms with E-state index in [1.54, 1.807) is 0 Å². The Bertz CT molecular complexity index is 539. The Morgan fingerprint density at radius 1 is 1.11 bits per heavy atom. The van der Waals surface area contributed by atoms with Gasteiger partial charge in [-0.2, -0.15) is 0 Å². The number of nitrogens with one attached hydrogen (secondary N) is 1. The average Bonchev–Trinajstić information content (AvgIpc) is 2.68. The Kier molecular flexibility index (Phi) is 15.0. The molecule has 1 saturated heterocycles. The fraction of sp³-hybridized carbons (Fsp3) is 0.684. The van der Waals surface area contributed by atoms with Crippen molar-refractivity contribution >= 4 is 48.9 Å². The first-order chi connectivity index (χ1) is 12.1. The minimum atomic E-state index is -0.452. The number of likely N-dealkylation sites (N-methyl/N-ethyl adjacent to an activating group) is 1. The molecule has 1 fully saturated rings. The zero-order valence-corrected chi connectivity index (χ0v) is 19.6. The lowest BCUT2D eigenvalue weighted by atomic mass is 9.81. The van der Waals surface area contributed by atoms with Crippen LogP contribution in [0, 0.1) is 5.41 Å². The van der Waals surface area contributed by atoms with Gasteiger partial charge in [-0.3, -0.25) is 4.79 Å². The number of carbonyl (C=O) groups excluding carboxylic acids is 1. The Balaban J connectivity index is 0. The first-order valence-electron chi connectivity index (χ1n) is 9.49. The first kappa shape index (κ1) is 29.4. The van der Waals surface area contributed by atoms with Gasteiger partial charge in [0.25, 0.3) is 0 Å². The lowest BCUT2D eigenvalue weighted by Crippen LogP contribution is -2.46. The van der Waals surface area contributed by atoms with E-state index in [4.69, 9.17) is 5.73 Å². The Labute approximate surface area is 188 Å². The molecule has 9 heteroatoms. The SMILES string of the molecule is CCN1CCN(c2ccc(CNC(=O)C(CC)(CC)CN)cn2)CC1.Cl.Cl.Cl. The molecule has 0 atom stereocenters. The summed E-state index contributed by atoms with van der Waals surface area (Å²) >= 11 is 0. The van der Waals surface area contributed by atoms with Crippen LogP contribution < -0.4 is 16.0 Å². The Morgan fingerprint density at radius 3 is 2.14 bits per heavy atom. The van der Waals surface area contributed by atoms with Crippen LogP contribution in [0.15, 0.2) is 18.3 Å². The maximum absolute atomic E-state index is 12.5. The normalized spacial score (nSPS) is 14.4. The second-order valence-electron chi connectivity index (χ2n) is 6.82. The van der Waals surface area contributed by atoms with Crippen LogP contribution in [0.3, 0.4) is 0 Å². The van der Waals surface area contributed by atoms with E-state index in [0.29, 0.717) is 13.1 Å². The smallest absolute Gasteiger partial charge is 0.227 e.